The summed E-state index contributed by atoms with van der Waals surface area (Å²) in [7, 11) is 0. The van der Waals surface area contributed by atoms with Crippen LogP contribution in [0.2, 0.25) is 0 Å². The normalized spacial score (nSPS) is 10.3. The maximum Gasteiger partial charge on any atom is 0.314 e. The Bertz CT molecular complexity index is 801. The van der Waals surface area contributed by atoms with Crippen LogP contribution in [0.15, 0.2) is 48.2 Å². The molecule has 0 bridgehead atoms. The van der Waals surface area contributed by atoms with Gasteiger partial charge < -0.3 is 10.6 Å². The zero-order chi connectivity index (χ0) is 14.7. The fraction of sp³-hybridized carbons (Fsp3) is 0. The van der Waals surface area contributed by atoms with Gasteiger partial charge in [-0.25, -0.2) is 4.98 Å². The lowest BCUT2D eigenvalue weighted by Crippen LogP contribution is -2.29. The minimum atomic E-state index is -0.743. The summed E-state index contributed by atoms with van der Waals surface area (Å²) in [6.07, 6.45) is 3.05. The predicted molar refractivity (Wildman–Crippen MR) is 81.1 cm³/mol. The molecule has 0 fully saturated rings. The molecule has 0 aliphatic heterocycles. The number of aromatic nitrogens is 2. The lowest BCUT2D eigenvalue weighted by atomic mass is 10.3. The number of nitrogens with one attached hydrogen (secondary N) is 2. The standard InChI is InChI=1S/C14H10N4O2S/c19-13(14(20)18-10-2-1-5-15-7-10)17-9-3-4-11-12(6-9)21-8-16-11/h1-8H,(H,17,19)(H,18,20). The van der Waals surface area contributed by atoms with Gasteiger partial charge in [0.15, 0.2) is 0 Å². The molecular weight excluding hydrogens is 288 g/mol. The number of fused-ring (bicyclic) bond motifs is 1. The number of hydrogen-bond acceptors (Lipinski definition) is 5. The van der Waals surface area contributed by atoms with Crippen molar-refractivity contribution in [3.05, 3.63) is 48.2 Å². The highest BCUT2D eigenvalue weighted by Gasteiger charge is 2.14. The molecule has 0 aliphatic carbocycles. The SMILES string of the molecule is O=C(Nc1cccnc1)C(=O)Nc1ccc2ncsc2c1. The molecular formula is C14H10N4O2S. The molecule has 3 aromatic rings. The largest absolute Gasteiger partial charge is 0.318 e. The highest BCUT2D eigenvalue weighted by molar-refractivity contribution is 7.16. The quantitative estimate of drug-likeness (QED) is 0.711. The molecule has 2 heterocycles. The van der Waals surface area contributed by atoms with E-state index in [1.807, 2.05) is 0 Å². The summed E-state index contributed by atoms with van der Waals surface area (Å²) in [5.74, 6) is -1.48. The van der Waals surface area contributed by atoms with Crippen LogP contribution in [-0.2, 0) is 9.59 Å². The van der Waals surface area contributed by atoms with E-state index in [1.54, 1.807) is 42.0 Å². The van der Waals surface area contributed by atoms with Crippen LogP contribution in [0.3, 0.4) is 0 Å². The number of carbonyl (C=O) groups is 2. The lowest BCUT2D eigenvalue weighted by Gasteiger charge is -2.06. The van der Waals surface area contributed by atoms with E-state index in [0.29, 0.717) is 11.4 Å². The first-order valence-electron chi connectivity index (χ1n) is 6.08. The van der Waals surface area contributed by atoms with Crippen LogP contribution in [0.5, 0.6) is 0 Å². The van der Waals surface area contributed by atoms with E-state index >= 15 is 0 Å². The minimum absolute atomic E-state index is 0.468. The summed E-state index contributed by atoms with van der Waals surface area (Å²) in [5.41, 5.74) is 3.61. The number of amides is 2. The van der Waals surface area contributed by atoms with Crippen molar-refractivity contribution >= 4 is 44.7 Å². The molecule has 6 nitrogen and oxygen atoms in total. The first kappa shape index (κ1) is 13.2. The van der Waals surface area contributed by atoms with Crippen LogP contribution in [0.25, 0.3) is 10.2 Å². The summed E-state index contributed by atoms with van der Waals surface area (Å²) in [4.78, 5) is 31.6. The van der Waals surface area contributed by atoms with Crippen LogP contribution in [0.4, 0.5) is 11.4 Å². The molecule has 7 heteroatoms. The molecule has 21 heavy (non-hydrogen) atoms. The van der Waals surface area contributed by atoms with E-state index in [2.05, 4.69) is 20.6 Å². The number of nitrogens with zero attached hydrogens (tertiary/aromatic N) is 2. The van der Waals surface area contributed by atoms with Gasteiger partial charge >= 0.3 is 11.8 Å². The van der Waals surface area contributed by atoms with Crippen LogP contribution in [-0.4, -0.2) is 21.8 Å². The summed E-state index contributed by atoms with van der Waals surface area (Å²) in [6.45, 7) is 0. The Balaban J connectivity index is 1.69. The maximum absolute atomic E-state index is 11.8. The molecule has 2 amide bonds. The average molecular weight is 298 g/mol. The smallest absolute Gasteiger partial charge is 0.314 e. The van der Waals surface area contributed by atoms with Gasteiger partial charge in [0, 0.05) is 11.9 Å². The molecule has 2 aromatic heterocycles. The number of anilines is 2. The Kier molecular flexibility index (Phi) is 3.57. The summed E-state index contributed by atoms with van der Waals surface area (Å²) in [5, 5.41) is 5.02. The van der Waals surface area contributed by atoms with Gasteiger partial charge in [-0.05, 0) is 30.3 Å². The summed E-state index contributed by atoms with van der Waals surface area (Å²) in [6, 6.07) is 8.60. The topological polar surface area (TPSA) is 84.0 Å². The molecule has 3 rings (SSSR count). The van der Waals surface area contributed by atoms with E-state index in [9.17, 15) is 9.59 Å². The van der Waals surface area contributed by atoms with Gasteiger partial charge in [-0.2, -0.15) is 0 Å². The number of pyridine rings is 1. The molecule has 2 N–H and O–H groups in total. The van der Waals surface area contributed by atoms with Gasteiger partial charge in [0.1, 0.15) is 0 Å². The predicted octanol–water partition coefficient (Wildman–Crippen LogP) is 2.27. The Morgan fingerprint density at radius 2 is 1.86 bits per heavy atom. The second-order valence-electron chi connectivity index (χ2n) is 4.18. The van der Waals surface area contributed by atoms with E-state index < -0.39 is 11.8 Å². The molecule has 1 aromatic carbocycles. The van der Waals surface area contributed by atoms with E-state index in [0.717, 1.165) is 10.2 Å². The highest BCUT2D eigenvalue weighted by Crippen LogP contribution is 2.21. The molecule has 104 valence electrons. The van der Waals surface area contributed by atoms with Crippen LogP contribution in [0, 0.1) is 0 Å². The van der Waals surface area contributed by atoms with Crippen molar-refractivity contribution in [1.29, 1.82) is 0 Å². The Morgan fingerprint density at radius 1 is 1.05 bits per heavy atom. The Hall–Kier alpha value is -2.80. The number of carbonyl (C=O) groups excluding carboxylic acids is 2. The van der Waals surface area contributed by atoms with Crippen molar-refractivity contribution in [3.8, 4) is 0 Å². The first-order valence-corrected chi connectivity index (χ1v) is 6.96. The van der Waals surface area contributed by atoms with Crippen molar-refractivity contribution in [3.63, 3.8) is 0 Å². The molecule has 0 saturated heterocycles. The zero-order valence-corrected chi connectivity index (χ0v) is 11.6. The van der Waals surface area contributed by atoms with E-state index in [-0.39, 0.29) is 0 Å². The second kappa shape index (κ2) is 5.68. The molecule has 0 unspecified atom stereocenters. The maximum atomic E-state index is 11.8. The number of hydrogen-bond donors (Lipinski definition) is 2. The lowest BCUT2D eigenvalue weighted by molar-refractivity contribution is -0.132. The molecule has 0 radical (unpaired) electrons. The molecule has 0 spiro atoms. The summed E-state index contributed by atoms with van der Waals surface area (Å²) < 4.78 is 0.945. The number of rotatable bonds is 2. The highest BCUT2D eigenvalue weighted by atomic mass is 32.1. The zero-order valence-electron chi connectivity index (χ0n) is 10.7. The van der Waals surface area contributed by atoms with Crippen LogP contribution < -0.4 is 10.6 Å². The first-order chi connectivity index (χ1) is 10.2. The fourth-order valence-corrected chi connectivity index (χ4v) is 2.46. The Morgan fingerprint density at radius 3 is 2.62 bits per heavy atom. The third-order valence-corrected chi connectivity index (χ3v) is 3.51. The van der Waals surface area contributed by atoms with Crippen molar-refractivity contribution in [2.24, 2.45) is 0 Å². The van der Waals surface area contributed by atoms with Gasteiger partial charge in [-0.1, -0.05) is 0 Å². The van der Waals surface area contributed by atoms with Crippen molar-refractivity contribution in [2.45, 2.75) is 0 Å². The van der Waals surface area contributed by atoms with Gasteiger partial charge in [0.2, 0.25) is 0 Å². The van der Waals surface area contributed by atoms with Crippen LogP contribution in [0.1, 0.15) is 0 Å². The fourth-order valence-electron chi connectivity index (χ4n) is 1.75. The van der Waals surface area contributed by atoms with Gasteiger partial charge in [0.05, 0.1) is 27.6 Å². The van der Waals surface area contributed by atoms with Crippen molar-refractivity contribution in [1.82, 2.24) is 9.97 Å². The minimum Gasteiger partial charge on any atom is -0.318 e. The van der Waals surface area contributed by atoms with Gasteiger partial charge in [0.25, 0.3) is 0 Å². The number of benzene rings is 1. The van der Waals surface area contributed by atoms with Crippen molar-refractivity contribution in [2.75, 3.05) is 10.6 Å². The summed E-state index contributed by atoms with van der Waals surface area (Å²) >= 11 is 1.47. The van der Waals surface area contributed by atoms with Crippen molar-refractivity contribution < 1.29 is 9.59 Å². The van der Waals surface area contributed by atoms with Crippen LogP contribution >= 0.6 is 11.3 Å². The number of thiazole rings is 1. The van der Waals surface area contributed by atoms with E-state index in [4.69, 9.17) is 0 Å². The second-order valence-corrected chi connectivity index (χ2v) is 5.07. The molecule has 0 aliphatic rings. The Labute approximate surface area is 123 Å². The molecule has 0 atom stereocenters. The van der Waals surface area contributed by atoms with E-state index in [1.165, 1.54) is 17.5 Å². The third-order valence-electron chi connectivity index (χ3n) is 2.71. The monoisotopic (exact) mass is 298 g/mol. The van der Waals surface area contributed by atoms with Gasteiger partial charge in [-0.3, -0.25) is 14.6 Å². The van der Waals surface area contributed by atoms with Gasteiger partial charge in [-0.15, -0.1) is 11.3 Å². The third kappa shape index (κ3) is 3.03. The average Bonchev–Trinajstić information content (AvgIpc) is 2.95. The molecule has 0 saturated carbocycles.